The van der Waals surface area contributed by atoms with Crippen LogP contribution in [0.4, 0.5) is 8.78 Å². The second-order valence-corrected chi connectivity index (χ2v) is 7.03. The van der Waals surface area contributed by atoms with Crippen molar-refractivity contribution in [1.29, 1.82) is 0 Å². The van der Waals surface area contributed by atoms with Crippen molar-refractivity contribution in [1.82, 2.24) is 10.2 Å². The molecule has 1 aromatic carbocycles. The SMILES string of the molecule is CC(C)(CO)[C@H](c1c(F)cc(Br)cc1F)N1CCNCC1.Cl. The van der Waals surface area contributed by atoms with Crippen LogP contribution in [0.15, 0.2) is 16.6 Å². The summed E-state index contributed by atoms with van der Waals surface area (Å²) >= 11 is 3.11. The van der Waals surface area contributed by atoms with Crippen molar-refractivity contribution in [3.63, 3.8) is 0 Å². The first kappa shape index (κ1) is 19.8. The molecular weight excluding hydrogens is 378 g/mol. The van der Waals surface area contributed by atoms with Gasteiger partial charge < -0.3 is 10.4 Å². The van der Waals surface area contributed by atoms with Crippen LogP contribution in [0, 0.1) is 17.0 Å². The van der Waals surface area contributed by atoms with Gasteiger partial charge in [-0.25, -0.2) is 8.78 Å². The lowest BCUT2D eigenvalue weighted by Crippen LogP contribution is -2.50. The topological polar surface area (TPSA) is 35.5 Å². The summed E-state index contributed by atoms with van der Waals surface area (Å²) in [6.45, 7) is 6.47. The molecule has 7 heteroatoms. The molecule has 2 rings (SSSR count). The van der Waals surface area contributed by atoms with E-state index in [1.54, 1.807) is 0 Å². The molecule has 0 saturated carbocycles. The predicted octanol–water partition coefficient (Wildman–Crippen LogP) is 3.11. The molecule has 0 bridgehead atoms. The fraction of sp³-hybridized carbons (Fsp3) is 0.600. The second-order valence-electron chi connectivity index (χ2n) is 6.12. The summed E-state index contributed by atoms with van der Waals surface area (Å²) in [6.07, 6.45) is 0. The number of halogens is 4. The van der Waals surface area contributed by atoms with E-state index < -0.39 is 23.1 Å². The van der Waals surface area contributed by atoms with Crippen LogP contribution in [0.2, 0.25) is 0 Å². The van der Waals surface area contributed by atoms with Gasteiger partial charge in [-0.1, -0.05) is 29.8 Å². The molecule has 0 radical (unpaired) electrons. The Kier molecular flexibility index (Phi) is 7.20. The molecule has 2 N–H and O–H groups in total. The zero-order valence-corrected chi connectivity index (χ0v) is 15.1. The molecule has 1 heterocycles. The highest BCUT2D eigenvalue weighted by Gasteiger charge is 2.39. The van der Waals surface area contributed by atoms with Gasteiger partial charge in [-0.3, -0.25) is 4.90 Å². The minimum Gasteiger partial charge on any atom is -0.396 e. The average molecular weight is 400 g/mol. The molecule has 1 aliphatic rings. The van der Waals surface area contributed by atoms with Crippen LogP contribution in [0.25, 0.3) is 0 Å². The summed E-state index contributed by atoms with van der Waals surface area (Å²) in [5, 5.41) is 12.9. The van der Waals surface area contributed by atoms with Gasteiger partial charge in [0.15, 0.2) is 0 Å². The van der Waals surface area contributed by atoms with E-state index in [4.69, 9.17) is 0 Å². The molecule has 126 valence electrons. The van der Waals surface area contributed by atoms with E-state index in [9.17, 15) is 13.9 Å². The van der Waals surface area contributed by atoms with Crippen LogP contribution >= 0.6 is 28.3 Å². The van der Waals surface area contributed by atoms with Gasteiger partial charge in [0.05, 0.1) is 0 Å². The van der Waals surface area contributed by atoms with Crippen LogP contribution in [0.3, 0.4) is 0 Å². The van der Waals surface area contributed by atoms with Crippen LogP contribution in [0.1, 0.15) is 25.5 Å². The van der Waals surface area contributed by atoms with Gasteiger partial charge in [-0.2, -0.15) is 0 Å². The van der Waals surface area contributed by atoms with E-state index in [1.165, 1.54) is 12.1 Å². The van der Waals surface area contributed by atoms with Crippen molar-refractivity contribution in [2.24, 2.45) is 5.41 Å². The van der Waals surface area contributed by atoms with E-state index >= 15 is 0 Å². The van der Waals surface area contributed by atoms with E-state index in [1.807, 2.05) is 18.7 Å². The highest BCUT2D eigenvalue weighted by atomic mass is 79.9. The predicted molar refractivity (Wildman–Crippen MR) is 89.4 cm³/mol. The van der Waals surface area contributed by atoms with E-state index in [0.29, 0.717) is 17.6 Å². The largest absolute Gasteiger partial charge is 0.396 e. The first-order valence-corrected chi connectivity index (χ1v) is 7.86. The first-order valence-electron chi connectivity index (χ1n) is 7.07. The molecule has 1 saturated heterocycles. The summed E-state index contributed by atoms with van der Waals surface area (Å²) in [6, 6.07) is 2.06. The van der Waals surface area contributed by atoms with Gasteiger partial charge in [0.1, 0.15) is 11.6 Å². The standard InChI is InChI=1S/C15H21BrF2N2O.ClH/c1-15(2,9-21)14(20-5-3-19-4-6-20)13-11(17)7-10(16)8-12(13)18;/h7-8,14,19,21H,3-6,9H2,1-2H3;1H/t14-;/m0./s1. The molecule has 1 atom stereocenters. The van der Waals surface area contributed by atoms with Gasteiger partial charge in [-0.05, 0) is 12.1 Å². The number of benzene rings is 1. The van der Waals surface area contributed by atoms with Crippen LogP contribution < -0.4 is 5.32 Å². The summed E-state index contributed by atoms with van der Waals surface area (Å²) in [5.74, 6) is -1.15. The highest BCUT2D eigenvalue weighted by Crippen LogP contribution is 2.41. The lowest BCUT2D eigenvalue weighted by Gasteiger charge is -2.43. The maximum atomic E-state index is 14.4. The molecule has 1 aliphatic heterocycles. The van der Waals surface area contributed by atoms with Crippen molar-refractivity contribution in [2.75, 3.05) is 32.8 Å². The molecule has 0 unspecified atom stereocenters. The Balaban J connectivity index is 0.00000242. The zero-order valence-electron chi connectivity index (χ0n) is 12.7. The summed E-state index contributed by atoms with van der Waals surface area (Å²) in [7, 11) is 0. The third kappa shape index (κ3) is 4.17. The summed E-state index contributed by atoms with van der Waals surface area (Å²) in [4.78, 5) is 2.04. The number of hydrogen-bond donors (Lipinski definition) is 2. The van der Waals surface area contributed by atoms with E-state index in [2.05, 4.69) is 21.2 Å². The Bertz CT molecular complexity index is 487. The zero-order chi connectivity index (χ0) is 15.6. The summed E-state index contributed by atoms with van der Waals surface area (Å²) < 4.78 is 29.2. The van der Waals surface area contributed by atoms with Gasteiger partial charge in [0.25, 0.3) is 0 Å². The average Bonchev–Trinajstić information content (AvgIpc) is 2.43. The lowest BCUT2D eigenvalue weighted by molar-refractivity contribution is 0.0266. The number of nitrogens with one attached hydrogen (secondary N) is 1. The quantitative estimate of drug-likeness (QED) is 0.816. The molecule has 0 aliphatic carbocycles. The number of rotatable bonds is 4. The Morgan fingerprint density at radius 1 is 1.27 bits per heavy atom. The van der Waals surface area contributed by atoms with Gasteiger partial charge in [-0.15, -0.1) is 12.4 Å². The Labute approximate surface area is 144 Å². The maximum absolute atomic E-state index is 14.4. The normalized spacial score (nSPS) is 17.9. The van der Waals surface area contributed by atoms with Crippen molar-refractivity contribution in [3.05, 3.63) is 33.8 Å². The minimum absolute atomic E-state index is 0. The third-order valence-electron chi connectivity index (χ3n) is 3.98. The van der Waals surface area contributed by atoms with Gasteiger partial charge in [0.2, 0.25) is 0 Å². The second kappa shape index (κ2) is 8.02. The molecular formula is C15H22BrClF2N2O. The van der Waals surface area contributed by atoms with Gasteiger partial charge >= 0.3 is 0 Å². The molecule has 1 fully saturated rings. The molecule has 0 spiro atoms. The van der Waals surface area contributed by atoms with Crippen molar-refractivity contribution < 1.29 is 13.9 Å². The van der Waals surface area contributed by atoms with Crippen molar-refractivity contribution in [3.8, 4) is 0 Å². The van der Waals surface area contributed by atoms with Crippen molar-refractivity contribution >= 4 is 28.3 Å². The number of aliphatic hydroxyl groups is 1. The van der Waals surface area contributed by atoms with E-state index in [-0.39, 0.29) is 24.6 Å². The fourth-order valence-corrected chi connectivity index (χ4v) is 3.31. The maximum Gasteiger partial charge on any atom is 0.132 e. The van der Waals surface area contributed by atoms with Gasteiger partial charge in [0, 0.05) is 54.3 Å². The molecule has 0 aromatic heterocycles. The van der Waals surface area contributed by atoms with Crippen LogP contribution in [-0.2, 0) is 0 Å². The molecule has 0 amide bonds. The Hall–Kier alpha value is -0.270. The number of piperazine rings is 1. The molecule has 1 aromatic rings. The smallest absolute Gasteiger partial charge is 0.132 e. The highest BCUT2D eigenvalue weighted by molar-refractivity contribution is 9.10. The number of nitrogens with zero attached hydrogens (tertiary/aromatic N) is 1. The first-order chi connectivity index (χ1) is 9.86. The molecule has 3 nitrogen and oxygen atoms in total. The fourth-order valence-electron chi connectivity index (χ4n) is 2.91. The minimum atomic E-state index is -0.646. The van der Waals surface area contributed by atoms with E-state index in [0.717, 1.165) is 13.1 Å². The van der Waals surface area contributed by atoms with Crippen LogP contribution in [0.5, 0.6) is 0 Å². The van der Waals surface area contributed by atoms with Crippen LogP contribution in [-0.4, -0.2) is 42.8 Å². The Morgan fingerprint density at radius 2 is 1.77 bits per heavy atom. The summed E-state index contributed by atoms with van der Waals surface area (Å²) in [5.41, 5.74) is -0.605. The monoisotopic (exact) mass is 398 g/mol. The number of aliphatic hydroxyl groups excluding tert-OH is 1. The Morgan fingerprint density at radius 3 is 2.23 bits per heavy atom. The van der Waals surface area contributed by atoms with Crippen molar-refractivity contribution in [2.45, 2.75) is 19.9 Å². The lowest BCUT2D eigenvalue weighted by atomic mass is 9.79. The number of hydrogen-bond acceptors (Lipinski definition) is 3. The molecule has 22 heavy (non-hydrogen) atoms. The third-order valence-corrected chi connectivity index (χ3v) is 4.44.